The van der Waals surface area contributed by atoms with Gasteiger partial charge in [0.1, 0.15) is 0 Å². The summed E-state index contributed by atoms with van der Waals surface area (Å²) in [7, 11) is 0. The highest BCUT2D eigenvalue weighted by molar-refractivity contribution is 4.77. The van der Waals surface area contributed by atoms with Gasteiger partial charge in [-0.05, 0) is 24.7 Å². The van der Waals surface area contributed by atoms with Gasteiger partial charge in [-0.15, -0.1) is 6.58 Å². The molecule has 0 bridgehead atoms. The Hall–Kier alpha value is -0.300. The highest BCUT2D eigenvalue weighted by atomic mass is 16.3. The minimum absolute atomic E-state index is 0.150. The summed E-state index contributed by atoms with van der Waals surface area (Å²) in [6, 6.07) is 0. The van der Waals surface area contributed by atoms with Gasteiger partial charge >= 0.3 is 0 Å². The van der Waals surface area contributed by atoms with E-state index in [2.05, 4.69) is 27.4 Å². The molecule has 11 heavy (non-hydrogen) atoms. The van der Waals surface area contributed by atoms with Crippen LogP contribution in [-0.4, -0.2) is 11.2 Å². The monoisotopic (exact) mass is 156 g/mol. The van der Waals surface area contributed by atoms with Crippen molar-refractivity contribution in [1.82, 2.24) is 0 Å². The lowest BCUT2D eigenvalue weighted by Crippen LogP contribution is -2.13. The topological polar surface area (TPSA) is 20.2 Å². The second-order valence-electron chi connectivity index (χ2n) is 3.73. The van der Waals surface area contributed by atoms with Crippen LogP contribution in [0.2, 0.25) is 0 Å². The summed E-state index contributed by atoms with van der Waals surface area (Å²) < 4.78 is 0. The number of aliphatic hydroxyl groups excluding tert-OH is 1. The van der Waals surface area contributed by atoms with Gasteiger partial charge in [0.2, 0.25) is 0 Å². The number of hydrogen-bond acceptors (Lipinski definition) is 1. The quantitative estimate of drug-likeness (QED) is 0.607. The first-order valence-corrected chi connectivity index (χ1v) is 4.36. The maximum absolute atomic E-state index is 9.47. The van der Waals surface area contributed by atoms with Crippen LogP contribution >= 0.6 is 0 Å². The van der Waals surface area contributed by atoms with Crippen molar-refractivity contribution >= 4 is 0 Å². The lowest BCUT2D eigenvalue weighted by atomic mass is 9.97. The SMILES string of the molecule is C=C[C@H](C)C[C@@H](O)CC(C)C. The van der Waals surface area contributed by atoms with Crippen molar-refractivity contribution < 1.29 is 5.11 Å². The van der Waals surface area contributed by atoms with Gasteiger partial charge in [0, 0.05) is 0 Å². The summed E-state index contributed by atoms with van der Waals surface area (Å²) >= 11 is 0. The van der Waals surface area contributed by atoms with Gasteiger partial charge in [-0.3, -0.25) is 0 Å². The molecule has 0 saturated carbocycles. The molecule has 0 aliphatic carbocycles. The Balaban J connectivity index is 3.51. The molecule has 0 heterocycles. The Morgan fingerprint density at radius 2 is 1.82 bits per heavy atom. The molecule has 0 aromatic heterocycles. The van der Waals surface area contributed by atoms with Crippen LogP contribution in [0.4, 0.5) is 0 Å². The lowest BCUT2D eigenvalue weighted by molar-refractivity contribution is 0.129. The second kappa shape index (κ2) is 5.36. The first-order chi connectivity index (χ1) is 5.06. The highest BCUT2D eigenvalue weighted by Gasteiger charge is 2.08. The van der Waals surface area contributed by atoms with Crippen LogP contribution in [0.1, 0.15) is 33.6 Å². The molecular formula is C10H20O. The Morgan fingerprint density at radius 1 is 1.27 bits per heavy atom. The second-order valence-corrected chi connectivity index (χ2v) is 3.73. The summed E-state index contributed by atoms with van der Waals surface area (Å²) in [5.74, 6) is 1.02. The van der Waals surface area contributed by atoms with Crippen LogP contribution < -0.4 is 0 Å². The van der Waals surface area contributed by atoms with E-state index < -0.39 is 0 Å². The fourth-order valence-electron chi connectivity index (χ4n) is 1.17. The molecule has 0 saturated heterocycles. The van der Waals surface area contributed by atoms with Crippen molar-refractivity contribution in [1.29, 1.82) is 0 Å². The Bertz CT molecular complexity index is 107. The summed E-state index contributed by atoms with van der Waals surface area (Å²) in [6.07, 6.45) is 3.49. The molecule has 2 atom stereocenters. The number of hydrogen-bond donors (Lipinski definition) is 1. The van der Waals surface area contributed by atoms with Crippen molar-refractivity contribution in [2.24, 2.45) is 11.8 Å². The molecule has 0 fully saturated rings. The van der Waals surface area contributed by atoms with Crippen LogP contribution in [0, 0.1) is 11.8 Å². The van der Waals surface area contributed by atoms with E-state index in [4.69, 9.17) is 0 Å². The molecule has 0 aromatic carbocycles. The van der Waals surface area contributed by atoms with E-state index in [1.165, 1.54) is 0 Å². The molecule has 0 amide bonds. The molecule has 1 heteroatoms. The van der Waals surface area contributed by atoms with Gasteiger partial charge in [0.25, 0.3) is 0 Å². The smallest absolute Gasteiger partial charge is 0.0548 e. The highest BCUT2D eigenvalue weighted by Crippen LogP contribution is 2.13. The molecule has 66 valence electrons. The minimum Gasteiger partial charge on any atom is -0.393 e. The zero-order chi connectivity index (χ0) is 8.85. The third-order valence-electron chi connectivity index (χ3n) is 1.79. The van der Waals surface area contributed by atoms with Gasteiger partial charge in [0.05, 0.1) is 6.10 Å². The van der Waals surface area contributed by atoms with Crippen LogP contribution in [0.5, 0.6) is 0 Å². The minimum atomic E-state index is -0.150. The van der Waals surface area contributed by atoms with Crippen molar-refractivity contribution in [2.75, 3.05) is 0 Å². The molecule has 0 rings (SSSR count). The average molecular weight is 156 g/mol. The fraction of sp³-hybridized carbons (Fsp3) is 0.800. The molecule has 0 spiro atoms. The van der Waals surface area contributed by atoms with Crippen LogP contribution in [0.3, 0.4) is 0 Å². The van der Waals surface area contributed by atoms with Gasteiger partial charge in [-0.25, -0.2) is 0 Å². The Labute approximate surface area is 70.1 Å². The average Bonchev–Trinajstić information content (AvgIpc) is 1.85. The van der Waals surface area contributed by atoms with E-state index in [-0.39, 0.29) is 6.10 Å². The molecule has 1 N–H and O–H groups in total. The molecule has 0 aromatic rings. The number of allylic oxidation sites excluding steroid dienone is 1. The number of aliphatic hydroxyl groups is 1. The Kier molecular flexibility index (Phi) is 5.22. The van der Waals surface area contributed by atoms with Gasteiger partial charge in [-0.2, -0.15) is 0 Å². The predicted molar refractivity (Wildman–Crippen MR) is 49.4 cm³/mol. The molecule has 0 aliphatic heterocycles. The standard InChI is InChI=1S/C10H20O/c1-5-9(4)7-10(11)6-8(2)3/h5,8-11H,1,6-7H2,2-4H3/t9-,10-/m0/s1. The predicted octanol–water partition coefficient (Wildman–Crippen LogP) is 2.61. The first-order valence-electron chi connectivity index (χ1n) is 4.36. The zero-order valence-corrected chi connectivity index (χ0v) is 7.88. The summed E-state index contributed by atoms with van der Waals surface area (Å²) in [4.78, 5) is 0. The maximum atomic E-state index is 9.47. The lowest BCUT2D eigenvalue weighted by Gasteiger charge is -2.14. The van der Waals surface area contributed by atoms with Crippen LogP contribution in [0.15, 0.2) is 12.7 Å². The van der Waals surface area contributed by atoms with E-state index in [0.717, 1.165) is 12.8 Å². The Morgan fingerprint density at radius 3 is 2.18 bits per heavy atom. The summed E-state index contributed by atoms with van der Waals surface area (Å²) in [5, 5.41) is 9.47. The molecule has 0 unspecified atom stereocenters. The van der Waals surface area contributed by atoms with Crippen molar-refractivity contribution in [2.45, 2.75) is 39.7 Å². The van der Waals surface area contributed by atoms with Crippen molar-refractivity contribution in [3.05, 3.63) is 12.7 Å². The fourth-order valence-corrected chi connectivity index (χ4v) is 1.17. The third-order valence-corrected chi connectivity index (χ3v) is 1.79. The summed E-state index contributed by atoms with van der Waals surface area (Å²) in [6.45, 7) is 10.0. The van der Waals surface area contributed by atoms with Crippen LogP contribution in [-0.2, 0) is 0 Å². The molecular weight excluding hydrogens is 136 g/mol. The van der Waals surface area contributed by atoms with E-state index in [9.17, 15) is 5.11 Å². The van der Waals surface area contributed by atoms with E-state index in [1.807, 2.05) is 6.08 Å². The van der Waals surface area contributed by atoms with E-state index >= 15 is 0 Å². The van der Waals surface area contributed by atoms with E-state index in [1.54, 1.807) is 0 Å². The first kappa shape index (κ1) is 10.7. The van der Waals surface area contributed by atoms with Crippen molar-refractivity contribution in [3.8, 4) is 0 Å². The summed E-state index contributed by atoms with van der Waals surface area (Å²) in [5.41, 5.74) is 0. The van der Waals surface area contributed by atoms with Gasteiger partial charge in [-0.1, -0.05) is 26.8 Å². The maximum Gasteiger partial charge on any atom is 0.0548 e. The van der Waals surface area contributed by atoms with Crippen molar-refractivity contribution in [3.63, 3.8) is 0 Å². The number of rotatable bonds is 5. The third kappa shape index (κ3) is 6.11. The molecule has 1 nitrogen and oxygen atoms in total. The van der Waals surface area contributed by atoms with Gasteiger partial charge in [0.15, 0.2) is 0 Å². The van der Waals surface area contributed by atoms with Gasteiger partial charge < -0.3 is 5.11 Å². The normalized spacial score (nSPS) is 16.5. The van der Waals surface area contributed by atoms with Crippen LogP contribution in [0.25, 0.3) is 0 Å². The van der Waals surface area contributed by atoms with E-state index in [0.29, 0.717) is 11.8 Å². The largest absolute Gasteiger partial charge is 0.393 e. The molecule has 0 aliphatic rings. The zero-order valence-electron chi connectivity index (χ0n) is 7.88. The molecule has 0 radical (unpaired) electrons.